The van der Waals surface area contributed by atoms with Crippen molar-refractivity contribution in [2.45, 2.75) is 19.9 Å². The Morgan fingerprint density at radius 1 is 1.03 bits per heavy atom. The third kappa shape index (κ3) is 4.81. The topological polar surface area (TPSA) is 161 Å². The minimum Gasteiger partial charge on any atom is -0.496 e. The van der Waals surface area contributed by atoms with Crippen LogP contribution in [0.4, 0.5) is 23.1 Å². The van der Waals surface area contributed by atoms with E-state index in [1.165, 1.54) is 20.3 Å². The molecule has 0 radical (unpaired) electrons. The summed E-state index contributed by atoms with van der Waals surface area (Å²) in [6.45, 7) is 2.11. The summed E-state index contributed by atoms with van der Waals surface area (Å²) in [6.07, 6.45) is 0.539. The number of nitro groups is 1. The average molecular weight is 454 g/mol. The molecule has 5 N–H and O–H groups in total. The van der Waals surface area contributed by atoms with Crippen LogP contribution in [0.5, 0.6) is 17.2 Å². The van der Waals surface area contributed by atoms with Crippen LogP contribution in [-0.4, -0.2) is 36.2 Å². The summed E-state index contributed by atoms with van der Waals surface area (Å²) >= 11 is 0. The van der Waals surface area contributed by atoms with Gasteiger partial charge in [-0.25, -0.2) is 4.98 Å². The number of hydrogen-bond donors (Lipinski definition) is 3. The number of nitrogens with two attached hydrogens (primary N) is 2. The number of nitrogens with zero attached hydrogens (tertiary/aromatic N) is 3. The second kappa shape index (κ2) is 9.90. The van der Waals surface area contributed by atoms with E-state index in [1.807, 2.05) is 6.92 Å². The highest BCUT2D eigenvalue weighted by molar-refractivity contribution is 5.81. The highest BCUT2D eigenvalue weighted by Gasteiger charge is 2.20. The highest BCUT2D eigenvalue weighted by atomic mass is 16.6. The van der Waals surface area contributed by atoms with Gasteiger partial charge in [0.05, 0.1) is 37.5 Å². The second-order valence-electron chi connectivity index (χ2n) is 7.00. The monoisotopic (exact) mass is 454 g/mol. The molecule has 0 bridgehead atoms. The van der Waals surface area contributed by atoms with Crippen LogP contribution in [0.15, 0.2) is 30.3 Å². The van der Waals surface area contributed by atoms with Crippen molar-refractivity contribution in [3.8, 4) is 28.4 Å². The molecule has 0 saturated carbocycles. The zero-order valence-electron chi connectivity index (χ0n) is 18.8. The van der Waals surface area contributed by atoms with E-state index >= 15 is 0 Å². The molecule has 3 rings (SSSR count). The Hall–Kier alpha value is -4.28. The number of aromatic nitrogens is 2. The Kier molecular flexibility index (Phi) is 7.01. The molecule has 0 fully saturated rings. The van der Waals surface area contributed by atoms with Crippen LogP contribution in [0, 0.1) is 10.1 Å². The molecule has 3 aromatic rings. The quantitative estimate of drug-likeness (QED) is 0.323. The first-order chi connectivity index (χ1) is 15.8. The number of nitrogens with one attached hydrogen (secondary N) is 1. The molecule has 0 spiro atoms. The molecule has 33 heavy (non-hydrogen) atoms. The smallest absolute Gasteiger partial charge is 0.292 e. The van der Waals surface area contributed by atoms with E-state index in [9.17, 15) is 10.1 Å². The zero-order chi connectivity index (χ0) is 24.1. The fourth-order valence-electron chi connectivity index (χ4n) is 3.54. The first-order valence-electron chi connectivity index (χ1n) is 10.1. The van der Waals surface area contributed by atoms with Gasteiger partial charge < -0.3 is 31.0 Å². The summed E-state index contributed by atoms with van der Waals surface area (Å²) in [6, 6.07) is 8.21. The zero-order valence-corrected chi connectivity index (χ0v) is 18.8. The Bertz CT molecular complexity index is 1160. The van der Waals surface area contributed by atoms with Crippen LogP contribution in [0.3, 0.4) is 0 Å². The lowest BCUT2D eigenvalue weighted by molar-refractivity contribution is -0.383. The molecule has 0 aliphatic carbocycles. The van der Waals surface area contributed by atoms with E-state index in [4.69, 9.17) is 25.7 Å². The van der Waals surface area contributed by atoms with Crippen LogP contribution < -0.4 is 31.0 Å². The van der Waals surface area contributed by atoms with E-state index in [1.54, 1.807) is 31.4 Å². The molecule has 0 unspecified atom stereocenters. The maximum absolute atomic E-state index is 11.9. The van der Waals surface area contributed by atoms with Crippen LogP contribution >= 0.6 is 0 Å². The van der Waals surface area contributed by atoms with Gasteiger partial charge in [-0.15, -0.1) is 0 Å². The van der Waals surface area contributed by atoms with Crippen molar-refractivity contribution >= 4 is 23.1 Å². The van der Waals surface area contributed by atoms with E-state index in [0.717, 1.165) is 0 Å². The van der Waals surface area contributed by atoms with Crippen molar-refractivity contribution in [2.24, 2.45) is 0 Å². The molecule has 11 nitrogen and oxygen atoms in total. The highest BCUT2D eigenvalue weighted by Crippen LogP contribution is 2.37. The molecule has 11 heteroatoms. The average Bonchev–Trinajstić information content (AvgIpc) is 2.81. The number of nitro benzene ring substituents is 1. The molecule has 1 heterocycles. The van der Waals surface area contributed by atoms with E-state index in [-0.39, 0.29) is 24.0 Å². The van der Waals surface area contributed by atoms with Gasteiger partial charge in [0.15, 0.2) is 0 Å². The first-order valence-corrected chi connectivity index (χ1v) is 10.1. The van der Waals surface area contributed by atoms with Gasteiger partial charge in [-0.2, -0.15) is 4.98 Å². The van der Waals surface area contributed by atoms with E-state index in [2.05, 4.69) is 15.3 Å². The molecule has 0 atom stereocenters. The van der Waals surface area contributed by atoms with Crippen molar-refractivity contribution in [1.82, 2.24) is 9.97 Å². The van der Waals surface area contributed by atoms with Crippen molar-refractivity contribution in [2.75, 3.05) is 38.1 Å². The molecule has 0 aliphatic rings. The summed E-state index contributed by atoms with van der Waals surface area (Å²) in [5.41, 5.74) is 14.3. The second-order valence-corrected chi connectivity index (χ2v) is 7.00. The van der Waals surface area contributed by atoms with Gasteiger partial charge >= 0.3 is 0 Å². The van der Waals surface area contributed by atoms with Crippen LogP contribution in [-0.2, 0) is 13.0 Å². The van der Waals surface area contributed by atoms with Crippen molar-refractivity contribution in [3.63, 3.8) is 0 Å². The molecule has 0 aliphatic heterocycles. The normalized spacial score (nSPS) is 10.5. The molecule has 2 aromatic carbocycles. The standard InChI is InChI=1S/C22H26N6O5/c1-5-15-20(21(23)27-22(24)26-15)12-6-7-16(17(8-12)28(29)30)25-11-14-18(32-3)9-13(31-2)10-19(14)33-4/h6-10,25H,5,11H2,1-4H3,(H4,23,24,26,27). The van der Waals surface area contributed by atoms with Crippen molar-refractivity contribution in [3.05, 3.63) is 51.7 Å². The summed E-state index contributed by atoms with van der Waals surface area (Å²) in [7, 11) is 4.60. The van der Waals surface area contributed by atoms with Gasteiger partial charge in [0.1, 0.15) is 28.8 Å². The predicted molar refractivity (Wildman–Crippen MR) is 126 cm³/mol. The third-order valence-electron chi connectivity index (χ3n) is 5.12. The Morgan fingerprint density at radius 3 is 2.24 bits per heavy atom. The van der Waals surface area contributed by atoms with Crippen LogP contribution in [0.2, 0.25) is 0 Å². The third-order valence-corrected chi connectivity index (χ3v) is 5.12. The Balaban J connectivity index is 2.00. The summed E-state index contributed by atoms with van der Waals surface area (Å²) in [4.78, 5) is 19.6. The van der Waals surface area contributed by atoms with Crippen LogP contribution in [0.25, 0.3) is 11.1 Å². The molecular weight excluding hydrogens is 428 g/mol. The lowest BCUT2D eigenvalue weighted by atomic mass is 10.0. The lowest BCUT2D eigenvalue weighted by Gasteiger charge is -2.16. The van der Waals surface area contributed by atoms with Gasteiger partial charge in [0, 0.05) is 30.3 Å². The molecule has 0 saturated heterocycles. The molecule has 174 valence electrons. The van der Waals surface area contributed by atoms with E-state index in [0.29, 0.717) is 51.7 Å². The minimum absolute atomic E-state index is 0.0586. The van der Waals surface area contributed by atoms with Gasteiger partial charge in [-0.1, -0.05) is 13.0 Å². The van der Waals surface area contributed by atoms with Gasteiger partial charge in [-0.3, -0.25) is 10.1 Å². The van der Waals surface area contributed by atoms with Crippen molar-refractivity contribution in [1.29, 1.82) is 0 Å². The number of ether oxygens (including phenoxy) is 3. The number of anilines is 3. The van der Waals surface area contributed by atoms with Crippen molar-refractivity contribution < 1.29 is 19.1 Å². The van der Waals surface area contributed by atoms with Gasteiger partial charge in [-0.05, 0) is 18.1 Å². The number of benzene rings is 2. The largest absolute Gasteiger partial charge is 0.496 e. The maximum atomic E-state index is 11.9. The number of methoxy groups -OCH3 is 3. The van der Waals surface area contributed by atoms with E-state index < -0.39 is 4.92 Å². The Labute approximate surface area is 190 Å². The number of aryl methyl sites for hydroxylation is 1. The first kappa shape index (κ1) is 23.4. The fraction of sp³-hybridized carbons (Fsp3) is 0.273. The summed E-state index contributed by atoms with van der Waals surface area (Å²) in [5, 5.41) is 15.0. The Morgan fingerprint density at radius 2 is 1.70 bits per heavy atom. The predicted octanol–water partition coefficient (Wildman–Crippen LogP) is 3.42. The number of hydrogen-bond acceptors (Lipinski definition) is 10. The lowest BCUT2D eigenvalue weighted by Crippen LogP contribution is -2.08. The number of rotatable bonds is 9. The SMILES string of the molecule is CCc1nc(N)nc(N)c1-c1ccc(NCc2c(OC)cc(OC)cc2OC)c([N+](=O)[O-])c1. The minimum atomic E-state index is -0.464. The van der Waals surface area contributed by atoms with Gasteiger partial charge in [0.25, 0.3) is 5.69 Å². The molecule has 0 amide bonds. The fourth-order valence-corrected chi connectivity index (χ4v) is 3.54. The van der Waals surface area contributed by atoms with Gasteiger partial charge in [0.2, 0.25) is 5.95 Å². The maximum Gasteiger partial charge on any atom is 0.292 e. The summed E-state index contributed by atoms with van der Waals surface area (Å²) < 4.78 is 16.2. The molecular formula is C22H26N6O5. The summed E-state index contributed by atoms with van der Waals surface area (Å²) in [5.74, 6) is 1.85. The molecule has 1 aromatic heterocycles. The number of nitrogen functional groups attached to an aromatic ring is 2. The van der Waals surface area contributed by atoms with Crippen LogP contribution in [0.1, 0.15) is 18.2 Å².